The fourth-order valence-corrected chi connectivity index (χ4v) is 5.14. The van der Waals surface area contributed by atoms with Gasteiger partial charge in [0.15, 0.2) is 5.78 Å². The van der Waals surface area contributed by atoms with Gasteiger partial charge in [0.05, 0.1) is 17.3 Å². The number of carbonyl (C=O) groups is 3. The van der Waals surface area contributed by atoms with Gasteiger partial charge in [-0.2, -0.15) is 5.26 Å². The summed E-state index contributed by atoms with van der Waals surface area (Å²) in [6.45, 7) is 0. The number of fused-ring (bicyclic) bond motifs is 1. The number of ketones is 2. The fraction of sp³-hybridized carbons (Fsp3) is 0.520. The number of rotatable bonds is 9. The molecular formula is C25H27BrFN3O3. The molecule has 1 heterocycles. The van der Waals surface area contributed by atoms with Crippen LogP contribution in [0.3, 0.4) is 0 Å². The highest BCUT2D eigenvalue weighted by Crippen LogP contribution is 2.37. The number of halogens is 2. The third kappa shape index (κ3) is 5.70. The maximum absolute atomic E-state index is 14.1. The number of nitrogens with one attached hydrogen (secondary N) is 2. The summed E-state index contributed by atoms with van der Waals surface area (Å²) in [6, 6.07) is 5.75. The molecule has 2 fully saturated rings. The van der Waals surface area contributed by atoms with Crippen LogP contribution < -0.4 is 5.32 Å². The quantitative estimate of drug-likeness (QED) is 0.447. The lowest BCUT2D eigenvalue weighted by molar-refractivity contribution is -0.127. The lowest BCUT2D eigenvalue weighted by Crippen LogP contribution is -2.41. The van der Waals surface area contributed by atoms with Crippen LogP contribution in [0.4, 0.5) is 4.39 Å². The first-order valence-corrected chi connectivity index (χ1v) is 12.4. The molecular weight excluding hydrogens is 489 g/mol. The van der Waals surface area contributed by atoms with E-state index in [0.717, 1.165) is 32.1 Å². The van der Waals surface area contributed by atoms with E-state index >= 15 is 0 Å². The van der Waals surface area contributed by atoms with Crippen LogP contribution in [0.1, 0.15) is 68.3 Å². The van der Waals surface area contributed by atoms with Gasteiger partial charge in [0.1, 0.15) is 17.6 Å². The van der Waals surface area contributed by atoms with Crippen molar-refractivity contribution in [2.75, 3.05) is 0 Å². The lowest BCUT2D eigenvalue weighted by atomic mass is 9.83. The molecule has 0 radical (unpaired) electrons. The highest BCUT2D eigenvalue weighted by molar-refractivity contribution is 9.10. The number of hydrogen-bond donors (Lipinski definition) is 2. The molecule has 1 aromatic heterocycles. The van der Waals surface area contributed by atoms with Crippen molar-refractivity contribution in [2.24, 2.45) is 17.8 Å². The predicted octanol–water partition coefficient (Wildman–Crippen LogP) is 5.22. The van der Waals surface area contributed by atoms with Crippen molar-refractivity contribution in [1.82, 2.24) is 10.3 Å². The summed E-state index contributed by atoms with van der Waals surface area (Å²) in [5.74, 6) is -1.21. The van der Waals surface area contributed by atoms with Crippen LogP contribution in [0.5, 0.6) is 0 Å². The van der Waals surface area contributed by atoms with Gasteiger partial charge in [0.25, 0.3) is 0 Å². The second kappa shape index (κ2) is 10.2. The van der Waals surface area contributed by atoms with Crippen molar-refractivity contribution in [3.63, 3.8) is 0 Å². The smallest absolute Gasteiger partial charge is 0.224 e. The number of nitriles is 1. The Balaban J connectivity index is 1.45. The summed E-state index contributed by atoms with van der Waals surface area (Å²) >= 11 is 3.36. The number of nitrogens with zero attached hydrogens (tertiary/aromatic N) is 1. The van der Waals surface area contributed by atoms with Crippen molar-refractivity contribution in [3.8, 4) is 6.07 Å². The van der Waals surface area contributed by atoms with Gasteiger partial charge in [-0.15, -0.1) is 0 Å². The van der Waals surface area contributed by atoms with Crippen LogP contribution in [-0.2, 0) is 9.59 Å². The topological polar surface area (TPSA) is 103 Å². The zero-order chi connectivity index (χ0) is 23.5. The number of aromatic nitrogens is 1. The second-order valence-electron chi connectivity index (χ2n) is 9.34. The highest BCUT2D eigenvalue weighted by atomic mass is 79.9. The minimum Gasteiger partial charge on any atom is -0.351 e. The number of aromatic amines is 1. The van der Waals surface area contributed by atoms with E-state index in [4.69, 9.17) is 0 Å². The molecule has 2 aromatic rings. The van der Waals surface area contributed by atoms with E-state index in [9.17, 15) is 24.0 Å². The van der Waals surface area contributed by atoms with Crippen molar-refractivity contribution in [3.05, 3.63) is 34.2 Å². The first kappa shape index (κ1) is 23.6. The summed E-state index contributed by atoms with van der Waals surface area (Å²) in [7, 11) is 0. The van der Waals surface area contributed by atoms with Gasteiger partial charge in [0, 0.05) is 34.5 Å². The number of H-pyrrole nitrogens is 1. The minimum absolute atomic E-state index is 0.0189. The number of carbonyl (C=O) groups excluding carboxylic acids is 3. The molecule has 2 N–H and O–H groups in total. The molecule has 3 atom stereocenters. The largest absolute Gasteiger partial charge is 0.351 e. The van der Waals surface area contributed by atoms with Gasteiger partial charge in [-0.3, -0.25) is 14.4 Å². The van der Waals surface area contributed by atoms with E-state index in [2.05, 4.69) is 32.3 Å². The molecule has 4 rings (SSSR count). The van der Waals surface area contributed by atoms with Crippen molar-refractivity contribution in [1.29, 1.82) is 5.26 Å². The van der Waals surface area contributed by atoms with Gasteiger partial charge in [0.2, 0.25) is 5.91 Å². The third-order valence-corrected chi connectivity index (χ3v) is 7.44. The molecule has 174 valence electrons. The van der Waals surface area contributed by atoms with Crippen LogP contribution >= 0.6 is 15.9 Å². The van der Waals surface area contributed by atoms with Crippen LogP contribution in [0.2, 0.25) is 0 Å². The van der Waals surface area contributed by atoms with Crippen molar-refractivity contribution in [2.45, 2.75) is 63.8 Å². The summed E-state index contributed by atoms with van der Waals surface area (Å²) < 4.78 is 14.8. The molecule has 0 bridgehead atoms. The molecule has 33 heavy (non-hydrogen) atoms. The summed E-state index contributed by atoms with van der Waals surface area (Å²) in [6.07, 6.45) is 6.08. The van der Waals surface area contributed by atoms with Gasteiger partial charge < -0.3 is 10.3 Å². The van der Waals surface area contributed by atoms with E-state index in [0.29, 0.717) is 40.6 Å². The van der Waals surface area contributed by atoms with Crippen molar-refractivity contribution < 1.29 is 18.8 Å². The van der Waals surface area contributed by atoms with Crippen LogP contribution in [0.15, 0.2) is 22.7 Å². The molecule has 0 aliphatic heterocycles. The maximum Gasteiger partial charge on any atom is 0.224 e. The molecule has 1 aromatic carbocycles. The van der Waals surface area contributed by atoms with Crippen LogP contribution in [0.25, 0.3) is 10.9 Å². The molecule has 8 heteroatoms. The van der Waals surface area contributed by atoms with E-state index < -0.39 is 17.8 Å². The Morgan fingerprint density at radius 1 is 1.24 bits per heavy atom. The third-order valence-electron chi connectivity index (χ3n) is 6.78. The Bertz CT molecular complexity index is 1080. The normalized spacial score (nSPS) is 20.3. The number of benzene rings is 1. The first-order valence-electron chi connectivity index (χ1n) is 11.6. The van der Waals surface area contributed by atoms with Crippen LogP contribution in [-0.4, -0.2) is 28.5 Å². The van der Waals surface area contributed by atoms with Gasteiger partial charge in [-0.25, -0.2) is 4.39 Å². The molecule has 2 aliphatic rings. The van der Waals surface area contributed by atoms with Crippen molar-refractivity contribution >= 4 is 44.3 Å². The lowest BCUT2D eigenvalue weighted by Gasteiger charge is -2.24. The Labute approximate surface area is 200 Å². The van der Waals surface area contributed by atoms with Gasteiger partial charge in [-0.05, 0) is 65.7 Å². The summed E-state index contributed by atoms with van der Waals surface area (Å²) in [4.78, 5) is 41.2. The molecule has 2 saturated carbocycles. The van der Waals surface area contributed by atoms with Gasteiger partial charge >= 0.3 is 0 Å². The zero-order valence-corrected chi connectivity index (χ0v) is 19.9. The minimum atomic E-state index is -0.750. The molecule has 1 amide bonds. The predicted molar refractivity (Wildman–Crippen MR) is 125 cm³/mol. The van der Waals surface area contributed by atoms with E-state index in [1.54, 1.807) is 6.07 Å². The Morgan fingerprint density at radius 2 is 2.03 bits per heavy atom. The van der Waals surface area contributed by atoms with E-state index in [1.807, 2.05) is 0 Å². The SMILES string of the molecule is N#CC(CC1CCCCC1=O)NC(=O)C(CC(=O)c1cc2c(F)ccc(Br)c2[nH]1)CC1CC1. The number of Topliss-reactive ketones (excluding diaryl/α,β-unsaturated/α-hetero) is 2. The average Bonchev–Trinajstić information content (AvgIpc) is 3.49. The Hall–Kier alpha value is -2.53. The highest BCUT2D eigenvalue weighted by Gasteiger charge is 2.33. The first-order chi connectivity index (χ1) is 15.9. The summed E-state index contributed by atoms with van der Waals surface area (Å²) in [5.41, 5.74) is 0.761. The molecule has 0 saturated heterocycles. The van der Waals surface area contributed by atoms with E-state index in [1.165, 1.54) is 12.1 Å². The number of hydrogen-bond acceptors (Lipinski definition) is 4. The van der Waals surface area contributed by atoms with Crippen LogP contribution in [0, 0.1) is 34.9 Å². The Kier molecular flexibility index (Phi) is 7.28. The second-order valence-corrected chi connectivity index (χ2v) is 10.2. The molecule has 0 spiro atoms. The Morgan fingerprint density at radius 3 is 2.70 bits per heavy atom. The molecule has 3 unspecified atom stereocenters. The average molecular weight is 516 g/mol. The zero-order valence-electron chi connectivity index (χ0n) is 18.3. The standard InChI is InChI=1S/C25H27BrFN3O3/c26-19-7-8-20(27)18-12-21(30-24(18)19)23(32)11-16(9-14-5-6-14)25(33)29-17(13-28)10-15-3-1-2-4-22(15)31/h7-8,12,14-17,30H,1-6,9-11H2,(H,29,33). The monoisotopic (exact) mass is 515 g/mol. The van der Waals surface area contributed by atoms with E-state index in [-0.39, 0.29) is 35.5 Å². The summed E-state index contributed by atoms with van der Waals surface area (Å²) in [5, 5.41) is 12.7. The molecule has 6 nitrogen and oxygen atoms in total. The van der Waals surface area contributed by atoms with Gasteiger partial charge in [-0.1, -0.05) is 19.3 Å². The fourth-order valence-electron chi connectivity index (χ4n) is 4.70. The maximum atomic E-state index is 14.1. The number of amides is 1. The molecule has 2 aliphatic carbocycles.